The molecule has 1 spiro atoms. The van der Waals surface area contributed by atoms with Crippen molar-refractivity contribution in [3.8, 4) is 5.75 Å². The SMILES string of the molecule is COc1ccc(C2C[C@H]2c2nnc(N[C@H](C)C(=O)N3CCC4(CC3)CC4)o2)cc1. The number of methoxy groups -OCH3 is 1. The van der Waals surface area contributed by atoms with E-state index in [4.69, 9.17) is 9.15 Å². The summed E-state index contributed by atoms with van der Waals surface area (Å²) in [6.07, 6.45) is 5.96. The van der Waals surface area contributed by atoms with Gasteiger partial charge in [0, 0.05) is 19.0 Å². The molecule has 5 rings (SSSR count). The van der Waals surface area contributed by atoms with Crippen LogP contribution in [-0.2, 0) is 4.79 Å². The van der Waals surface area contributed by atoms with Crippen LogP contribution < -0.4 is 10.1 Å². The molecule has 7 nitrogen and oxygen atoms in total. The lowest BCUT2D eigenvalue weighted by Gasteiger charge is -2.33. The fourth-order valence-corrected chi connectivity index (χ4v) is 4.53. The Labute approximate surface area is 170 Å². The molecule has 3 aliphatic rings. The molecule has 1 amide bonds. The standard InChI is InChI=1S/C22H28N4O3/c1-14(20(27)26-11-9-22(7-8-22)10-12-26)23-21-25-24-19(29-21)18-13-17(18)15-3-5-16(28-2)6-4-15/h3-6,14,17-18H,7-13H2,1-2H3,(H,23,25)/t14-,17?,18-/m1/s1. The monoisotopic (exact) mass is 396 g/mol. The van der Waals surface area contributed by atoms with Gasteiger partial charge in [-0.05, 0) is 68.1 Å². The molecule has 2 aromatic rings. The predicted octanol–water partition coefficient (Wildman–Crippen LogP) is 3.55. The summed E-state index contributed by atoms with van der Waals surface area (Å²) in [6.45, 7) is 3.60. The number of carbonyl (C=O) groups is 1. The largest absolute Gasteiger partial charge is 0.497 e. The Bertz CT molecular complexity index is 880. The van der Waals surface area contributed by atoms with Crippen molar-refractivity contribution in [2.45, 2.75) is 56.9 Å². The van der Waals surface area contributed by atoms with Crippen LogP contribution in [0.2, 0.25) is 0 Å². The molecular weight excluding hydrogens is 368 g/mol. The second kappa shape index (κ2) is 7.04. The highest BCUT2D eigenvalue weighted by Gasteiger charge is 2.46. The van der Waals surface area contributed by atoms with Gasteiger partial charge in [-0.15, -0.1) is 5.10 Å². The van der Waals surface area contributed by atoms with Gasteiger partial charge in [0.15, 0.2) is 0 Å². The number of rotatable bonds is 6. The topological polar surface area (TPSA) is 80.5 Å². The van der Waals surface area contributed by atoms with Gasteiger partial charge in [-0.1, -0.05) is 17.2 Å². The smallest absolute Gasteiger partial charge is 0.316 e. The third kappa shape index (κ3) is 3.70. The number of hydrogen-bond acceptors (Lipinski definition) is 6. The van der Waals surface area contributed by atoms with Crippen LogP contribution in [0.4, 0.5) is 6.01 Å². The van der Waals surface area contributed by atoms with Crippen molar-refractivity contribution >= 4 is 11.9 Å². The number of carbonyl (C=O) groups excluding carboxylic acids is 1. The molecule has 2 heterocycles. The van der Waals surface area contributed by atoms with E-state index in [-0.39, 0.29) is 17.9 Å². The first kappa shape index (κ1) is 18.5. The molecule has 2 saturated carbocycles. The molecule has 0 radical (unpaired) electrons. The molecule has 0 bridgehead atoms. The van der Waals surface area contributed by atoms with Crippen molar-refractivity contribution in [2.75, 3.05) is 25.5 Å². The van der Waals surface area contributed by atoms with Crippen LogP contribution >= 0.6 is 0 Å². The fourth-order valence-electron chi connectivity index (χ4n) is 4.53. The summed E-state index contributed by atoms with van der Waals surface area (Å²) < 4.78 is 11.0. The van der Waals surface area contributed by atoms with E-state index in [1.807, 2.05) is 24.0 Å². The van der Waals surface area contributed by atoms with Crippen LogP contribution in [0.5, 0.6) is 5.75 Å². The molecule has 7 heteroatoms. The fraction of sp³-hybridized carbons (Fsp3) is 0.591. The Balaban J connectivity index is 1.16. The van der Waals surface area contributed by atoms with E-state index in [2.05, 4.69) is 27.6 Å². The maximum absolute atomic E-state index is 12.7. The van der Waals surface area contributed by atoms with Gasteiger partial charge in [0.1, 0.15) is 11.8 Å². The number of benzene rings is 1. The van der Waals surface area contributed by atoms with Crippen LogP contribution in [0, 0.1) is 5.41 Å². The molecule has 1 unspecified atom stereocenters. The summed E-state index contributed by atoms with van der Waals surface area (Å²) >= 11 is 0. The average Bonchev–Trinajstić information content (AvgIpc) is 3.67. The Morgan fingerprint density at radius 2 is 1.90 bits per heavy atom. The first-order valence-corrected chi connectivity index (χ1v) is 10.6. The predicted molar refractivity (Wildman–Crippen MR) is 108 cm³/mol. The van der Waals surface area contributed by atoms with Gasteiger partial charge in [-0.3, -0.25) is 4.79 Å². The van der Waals surface area contributed by atoms with Crippen molar-refractivity contribution in [3.05, 3.63) is 35.7 Å². The van der Waals surface area contributed by atoms with Gasteiger partial charge < -0.3 is 19.4 Å². The summed E-state index contributed by atoms with van der Waals surface area (Å²) in [5, 5.41) is 11.4. The van der Waals surface area contributed by atoms with Crippen LogP contribution in [0.15, 0.2) is 28.7 Å². The van der Waals surface area contributed by atoms with Crippen LogP contribution in [0.3, 0.4) is 0 Å². The highest BCUT2D eigenvalue weighted by atomic mass is 16.5. The van der Waals surface area contributed by atoms with Crippen molar-refractivity contribution in [1.82, 2.24) is 15.1 Å². The van der Waals surface area contributed by atoms with E-state index < -0.39 is 0 Å². The Kier molecular flexibility index (Phi) is 4.48. The lowest BCUT2D eigenvalue weighted by Crippen LogP contribution is -2.45. The number of aromatic nitrogens is 2. The second-order valence-electron chi connectivity index (χ2n) is 8.86. The highest BCUT2D eigenvalue weighted by molar-refractivity contribution is 5.83. The van der Waals surface area contributed by atoms with E-state index in [0.717, 1.165) is 38.1 Å². The van der Waals surface area contributed by atoms with E-state index in [0.29, 0.717) is 23.2 Å². The Morgan fingerprint density at radius 1 is 1.17 bits per heavy atom. The van der Waals surface area contributed by atoms with Crippen molar-refractivity contribution in [1.29, 1.82) is 0 Å². The molecule has 1 aliphatic heterocycles. The minimum absolute atomic E-state index is 0.114. The van der Waals surface area contributed by atoms with Gasteiger partial charge in [0.2, 0.25) is 11.8 Å². The Hall–Kier alpha value is -2.57. The molecule has 1 N–H and O–H groups in total. The lowest BCUT2D eigenvalue weighted by molar-refractivity contribution is -0.133. The van der Waals surface area contributed by atoms with Gasteiger partial charge in [0.25, 0.3) is 0 Å². The minimum atomic E-state index is -0.367. The quantitative estimate of drug-likeness (QED) is 0.804. The first-order chi connectivity index (χ1) is 14.1. The average molecular weight is 396 g/mol. The molecule has 3 atom stereocenters. The van der Waals surface area contributed by atoms with Crippen molar-refractivity contribution in [3.63, 3.8) is 0 Å². The normalized spacial score (nSPS) is 25.5. The molecule has 1 saturated heterocycles. The minimum Gasteiger partial charge on any atom is -0.497 e. The zero-order valence-electron chi connectivity index (χ0n) is 17.1. The summed E-state index contributed by atoms with van der Waals surface area (Å²) in [4.78, 5) is 14.7. The molecule has 1 aromatic carbocycles. The number of amides is 1. The summed E-state index contributed by atoms with van der Waals surface area (Å²) in [7, 11) is 1.67. The number of nitrogens with one attached hydrogen (secondary N) is 1. The van der Waals surface area contributed by atoms with Gasteiger partial charge in [-0.25, -0.2) is 0 Å². The van der Waals surface area contributed by atoms with Crippen molar-refractivity contribution < 1.29 is 13.9 Å². The van der Waals surface area contributed by atoms with Crippen LogP contribution in [0.25, 0.3) is 0 Å². The number of nitrogens with zero attached hydrogens (tertiary/aromatic N) is 3. The highest BCUT2D eigenvalue weighted by Crippen LogP contribution is 2.55. The number of ether oxygens (including phenoxy) is 1. The first-order valence-electron chi connectivity index (χ1n) is 10.6. The van der Waals surface area contributed by atoms with E-state index in [9.17, 15) is 4.79 Å². The number of piperidine rings is 1. The Morgan fingerprint density at radius 3 is 2.55 bits per heavy atom. The van der Waals surface area contributed by atoms with Gasteiger partial charge >= 0.3 is 6.01 Å². The van der Waals surface area contributed by atoms with E-state index in [1.165, 1.54) is 18.4 Å². The van der Waals surface area contributed by atoms with Gasteiger partial charge in [-0.2, -0.15) is 0 Å². The maximum Gasteiger partial charge on any atom is 0.316 e. The van der Waals surface area contributed by atoms with Gasteiger partial charge in [0.05, 0.1) is 7.11 Å². The third-order valence-corrected chi connectivity index (χ3v) is 6.90. The summed E-state index contributed by atoms with van der Waals surface area (Å²) in [5.41, 5.74) is 1.82. The number of anilines is 1. The molecule has 29 heavy (non-hydrogen) atoms. The maximum atomic E-state index is 12.7. The van der Waals surface area contributed by atoms with Crippen LogP contribution in [-0.4, -0.2) is 47.2 Å². The molecular formula is C22H28N4O3. The zero-order chi connectivity index (χ0) is 20.0. The summed E-state index contributed by atoms with van der Waals surface area (Å²) in [5.74, 6) is 2.25. The zero-order valence-corrected chi connectivity index (χ0v) is 17.1. The summed E-state index contributed by atoms with van der Waals surface area (Å²) in [6, 6.07) is 8.09. The second-order valence-corrected chi connectivity index (χ2v) is 8.86. The van der Waals surface area contributed by atoms with Crippen LogP contribution in [0.1, 0.15) is 62.3 Å². The van der Waals surface area contributed by atoms with E-state index in [1.54, 1.807) is 7.11 Å². The molecule has 1 aromatic heterocycles. The third-order valence-electron chi connectivity index (χ3n) is 6.90. The van der Waals surface area contributed by atoms with E-state index >= 15 is 0 Å². The molecule has 2 aliphatic carbocycles. The molecule has 3 fully saturated rings. The van der Waals surface area contributed by atoms with Crippen molar-refractivity contribution in [2.24, 2.45) is 5.41 Å². The molecule has 154 valence electrons. The number of hydrogen-bond donors (Lipinski definition) is 1. The lowest BCUT2D eigenvalue weighted by atomic mass is 9.93. The number of likely N-dealkylation sites (tertiary alicyclic amines) is 1.